The Morgan fingerprint density at radius 1 is 1.30 bits per heavy atom. The van der Waals surface area contributed by atoms with Crippen LogP contribution < -0.4 is 0 Å². The van der Waals surface area contributed by atoms with Gasteiger partial charge in [-0.2, -0.15) is 13.2 Å². The van der Waals surface area contributed by atoms with Crippen LogP contribution in [-0.4, -0.2) is 55.1 Å². The number of rotatable bonds is 4. The molecule has 0 amide bonds. The predicted molar refractivity (Wildman–Crippen MR) is 62.7 cm³/mol. The molecule has 3 fully saturated rings. The third kappa shape index (κ3) is 2.67. The van der Waals surface area contributed by atoms with Crippen LogP contribution >= 0.6 is 0 Å². The van der Waals surface area contributed by atoms with Crippen molar-refractivity contribution in [2.45, 2.75) is 37.0 Å². The molecule has 3 heterocycles. The molecule has 3 aliphatic heterocycles. The van der Waals surface area contributed by atoms with E-state index in [1.165, 1.54) is 0 Å². The van der Waals surface area contributed by atoms with Gasteiger partial charge in [-0.05, 0) is 6.42 Å². The first-order valence-corrected chi connectivity index (χ1v) is 6.67. The molecule has 0 aliphatic carbocycles. The predicted octanol–water partition coefficient (Wildman–Crippen LogP) is 0.273. The summed E-state index contributed by atoms with van der Waals surface area (Å²) in [5.74, 6) is -3.61. The van der Waals surface area contributed by atoms with E-state index < -0.39 is 60.7 Å². The third-order valence-electron chi connectivity index (χ3n) is 3.96. The Bertz CT molecular complexity index is 585. The molecular formula is C13H11F3O7. The van der Waals surface area contributed by atoms with E-state index in [9.17, 15) is 27.6 Å². The zero-order valence-electron chi connectivity index (χ0n) is 11.5. The summed E-state index contributed by atoms with van der Waals surface area (Å²) in [7, 11) is 0. The summed E-state index contributed by atoms with van der Waals surface area (Å²) in [6.45, 7) is 1.54. The summed E-state index contributed by atoms with van der Waals surface area (Å²) < 4.78 is 56.3. The number of fused-ring (bicyclic) bond motifs is 1. The van der Waals surface area contributed by atoms with Gasteiger partial charge in [0.2, 0.25) is 0 Å². The number of hydrogen-bond donors (Lipinski definition) is 0. The van der Waals surface area contributed by atoms with Crippen molar-refractivity contribution in [3.8, 4) is 0 Å². The van der Waals surface area contributed by atoms with E-state index in [0.717, 1.165) is 0 Å². The summed E-state index contributed by atoms with van der Waals surface area (Å²) in [5.41, 5.74) is -1.72. The molecule has 5 unspecified atom stereocenters. The summed E-state index contributed by atoms with van der Waals surface area (Å²) in [4.78, 5) is 34.2. The van der Waals surface area contributed by atoms with Crippen molar-refractivity contribution in [2.75, 3.05) is 6.61 Å². The molecule has 126 valence electrons. The van der Waals surface area contributed by atoms with Crippen molar-refractivity contribution in [3.05, 3.63) is 12.2 Å². The molecule has 7 nitrogen and oxygen atoms in total. The molecule has 0 aromatic rings. The van der Waals surface area contributed by atoms with Crippen molar-refractivity contribution in [2.24, 2.45) is 5.92 Å². The maximum Gasteiger partial charge on any atom is 0.422 e. The van der Waals surface area contributed by atoms with Gasteiger partial charge < -0.3 is 18.9 Å². The van der Waals surface area contributed by atoms with Crippen molar-refractivity contribution in [1.82, 2.24) is 0 Å². The Morgan fingerprint density at radius 3 is 2.65 bits per heavy atom. The van der Waals surface area contributed by atoms with Crippen LogP contribution in [0, 0.1) is 5.92 Å². The molecule has 0 spiro atoms. The topological polar surface area (TPSA) is 88.1 Å². The molecule has 3 aliphatic rings. The van der Waals surface area contributed by atoms with Gasteiger partial charge in [-0.3, -0.25) is 4.79 Å². The molecule has 0 saturated carbocycles. The van der Waals surface area contributed by atoms with Crippen molar-refractivity contribution in [1.29, 1.82) is 0 Å². The quantitative estimate of drug-likeness (QED) is 0.414. The van der Waals surface area contributed by atoms with E-state index >= 15 is 0 Å². The van der Waals surface area contributed by atoms with Crippen LogP contribution in [0.3, 0.4) is 0 Å². The standard InChI is InChI=1S/C13H11F3O7/c1-4(13(14,15)16)11(18)20-3-7(17)22-9-6-2-5-8(21-6)10(9)23-12(5)19/h5-6,8-10H,1-3H2. The van der Waals surface area contributed by atoms with Crippen molar-refractivity contribution in [3.63, 3.8) is 0 Å². The molecule has 0 aromatic carbocycles. The van der Waals surface area contributed by atoms with Crippen LogP contribution in [0.25, 0.3) is 0 Å². The molecule has 3 rings (SSSR count). The molecular weight excluding hydrogens is 325 g/mol. The minimum atomic E-state index is -4.94. The average Bonchev–Trinajstić information content (AvgIpc) is 3.07. The SMILES string of the molecule is C=C(C(=O)OCC(=O)OC1C2CC3C(=O)OC1C3O2)C(F)(F)F. The number of ether oxygens (including phenoxy) is 4. The first kappa shape index (κ1) is 15.8. The van der Waals surface area contributed by atoms with Crippen LogP contribution in [0.4, 0.5) is 13.2 Å². The fourth-order valence-corrected chi connectivity index (χ4v) is 2.90. The second-order valence-corrected chi connectivity index (χ2v) is 5.39. The van der Waals surface area contributed by atoms with Gasteiger partial charge >= 0.3 is 24.1 Å². The van der Waals surface area contributed by atoms with Crippen LogP contribution in [0.5, 0.6) is 0 Å². The normalized spacial score (nSPS) is 34.2. The molecule has 5 atom stereocenters. The lowest BCUT2D eigenvalue weighted by molar-refractivity contribution is -0.170. The largest absolute Gasteiger partial charge is 0.455 e. The summed E-state index contributed by atoms with van der Waals surface area (Å²) in [5, 5.41) is 0. The van der Waals surface area contributed by atoms with Crippen LogP contribution in [0.2, 0.25) is 0 Å². The molecule has 0 aromatic heterocycles. The average molecular weight is 336 g/mol. The fraction of sp³-hybridized carbons (Fsp3) is 0.615. The van der Waals surface area contributed by atoms with E-state index in [1.54, 1.807) is 0 Å². The number of halogens is 3. The Hall–Kier alpha value is -2.10. The Balaban J connectivity index is 1.50. The van der Waals surface area contributed by atoms with E-state index in [0.29, 0.717) is 6.42 Å². The highest BCUT2D eigenvalue weighted by Crippen LogP contribution is 2.47. The molecule has 23 heavy (non-hydrogen) atoms. The highest BCUT2D eigenvalue weighted by atomic mass is 19.4. The van der Waals surface area contributed by atoms with Crippen molar-refractivity contribution >= 4 is 17.9 Å². The smallest absolute Gasteiger partial charge is 0.422 e. The zero-order valence-corrected chi connectivity index (χ0v) is 11.5. The van der Waals surface area contributed by atoms with Crippen molar-refractivity contribution < 1.29 is 46.5 Å². The Labute approximate surface area is 127 Å². The molecule has 0 N–H and O–H groups in total. The highest BCUT2D eigenvalue weighted by molar-refractivity contribution is 5.90. The second kappa shape index (κ2) is 5.22. The summed E-state index contributed by atoms with van der Waals surface area (Å²) in [6.07, 6.45) is -7.14. The molecule has 3 saturated heterocycles. The summed E-state index contributed by atoms with van der Waals surface area (Å²) in [6, 6.07) is 0. The Morgan fingerprint density at radius 2 is 2.00 bits per heavy atom. The number of alkyl halides is 3. The van der Waals surface area contributed by atoms with E-state index in [4.69, 9.17) is 14.2 Å². The second-order valence-electron chi connectivity index (χ2n) is 5.39. The lowest BCUT2D eigenvalue weighted by atomic mass is 9.88. The van der Waals surface area contributed by atoms with Gasteiger partial charge in [-0.15, -0.1) is 0 Å². The van der Waals surface area contributed by atoms with Crippen LogP contribution in [0.15, 0.2) is 12.2 Å². The maximum absolute atomic E-state index is 12.2. The van der Waals surface area contributed by atoms with Gasteiger partial charge in [0.15, 0.2) is 18.8 Å². The monoisotopic (exact) mass is 336 g/mol. The Kier molecular flexibility index (Phi) is 3.58. The van der Waals surface area contributed by atoms with Gasteiger partial charge in [0.25, 0.3) is 0 Å². The minimum absolute atomic E-state index is 0.350. The van der Waals surface area contributed by atoms with Crippen LogP contribution in [-0.2, 0) is 33.3 Å². The molecule has 0 radical (unpaired) electrons. The van der Waals surface area contributed by atoms with Gasteiger partial charge in [0.05, 0.1) is 12.0 Å². The fourth-order valence-electron chi connectivity index (χ4n) is 2.90. The molecule has 2 bridgehead atoms. The number of carbonyl (C=O) groups is 3. The third-order valence-corrected chi connectivity index (χ3v) is 3.96. The molecule has 10 heteroatoms. The van der Waals surface area contributed by atoms with Crippen LogP contribution in [0.1, 0.15) is 6.42 Å². The first-order chi connectivity index (χ1) is 10.7. The van der Waals surface area contributed by atoms with E-state index in [-0.39, 0.29) is 5.92 Å². The number of hydrogen-bond acceptors (Lipinski definition) is 7. The van der Waals surface area contributed by atoms with E-state index in [2.05, 4.69) is 11.3 Å². The number of carbonyl (C=O) groups excluding carboxylic acids is 3. The minimum Gasteiger partial charge on any atom is -0.455 e. The van der Waals surface area contributed by atoms with Gasteiger partial charge in [0, 0.05) is 0 Å². The lowest BCUT2D eigenvalue weighted by Gasteiger charge is -2.22. The lowest BCUT2D eigenvalue weighted by Crippen LogP contribution is -2.40. The maximum atomic E-state index is 12.2. The first-order valence-electron chi connectivity index (χ1n) is 6.67. The highest BCUT2D eigenvalue weighted by Gasteiger charge is 2.65. The zero-order chi connectivity index (χ0) is 16.9. The van der Waals surface area contributed by atoms with Gasteiger partial charge in [-0.25, -0.2) is 9.59 Å². The van der Waals surface area contributed by atoms with Gasteiger partial charge in [-0.1, -0.05) is 6.58 Å². The van der Waals surface area contributed by atoms with Gasteiger partial charge in [0.1, 0.15) is 11.7 Å². The van der Waals surface area contributed by atoms with E-state index in [1.807, 2.05) is 0 Å². The number of esters is 3. The summed E-state index contributed by atoms with van der Waals surface area (Å²) >= 11 is 0.